The normalized spacial score (nSPS) is 12.6. The molecule has 0 radical (unpaired) electrons. The summed E-state index contributed by atoms with van der Waals surface area (Å²) < 4.78 is 0. The van der Waals surface area contributed by atoms with Crippen molar-refractivity contribution in [1.29, 1.82) is 0 Å². The van der Waals surface area contributed by atoms with Gasteiger partial charge >= 0.3 is 5.97 Å². The van der Waals surface area contributed by atoms with Crippen LogP contribution in [0.5, 0.6) is 0 Å². The molecule has 0 aliphatic rings. The summed E-state index contributed by atoms with van der Waals surface area (Å²) in [6, 6.07) is 7.73. The molecule has 4 heteroatoms. The first kappa shape index (κ1) is 16.0. The van der Waals surface area contributed by atoms with Gasteiger partial charge in [-0.05, 0) is 43.0 Å². The average molecular weight is 284 g/mol. The number of hydrogen-bond donors (Lipinski definition) is 2. The van der Waals surface area contributed by atoms with Crippen molar-refractivity contribution in [2.45, 2.75) is 26.7 Å². The first-order valence-electron chi connectivity index (χ1n) is 6.67. The minimum atomic E-state index is -0.715. The Morgan fingerprint density at radius 1 is 1.32 bits per heavy atom. The van der Waals surface area contributed by atoms with Crippen molar-refractivity contribution >= 4 is 17.6 Å². The highest BCUT2D eigenvalue weighted by Crippen LogP contribution is 2.12. The molecule has 0 spiro atoms. The van der Waals surface area contributed by atoms with Crippen LogP contribution < -0.4 is 5.32 Å². The van der Waals surface area contributed by atoms with E-state index in [1.807, 2.05) is 38.1 Å². The van der Waals surface area contributed by atoms with Gasteiger partial charge in [-0.25, -0.2) is 0 Å². The van der Waals surface area contributed by atoms with E-state index in [0.29, 0.717) is 18.9 Å². The van der Waals surface area contributed by atoms with Gasteiger partial charge in [0.05, 0.1) is 5.92 Å². The smallest absolute Gasteiger partial charge is 0.307 e. The van der Waals surface area contributed by atoms with E-state index >= 15 is 0 Å². The maximum absolute atomic E-state index is 11.1. The van der Waals surface area contributed by atoms with Gasteiger partial charge in [-0.2, -0.15) is 0 Å². The second-order valence-electron chi connectivity index (χ2n) is 5.25. The van der Waals surface area contributed by atoms with Gasteiger partial charge < -0.3 is 10.4 Å². The topological polar surface area (TPSA) is 49.3 Å². The number of carboxylic acid groups (broad SMARTS) is 1. The van der Waals surface area contributed by atoms with E-state index in [0.717, 1.165) is 18.0 Å². The molecule has 2 N–H and O–H groups in total. The van der Waals surface area contributed by atoms with Crippen LogP contribution >= 0.6 is 11.6 Å². The van der Waals surface area contributed by atoms with Crippen molar-refractivity contribution in [3.63, 3.8) is 0 Å². The second-order valence-corrected chi connectivity index (χ2v) is 5.68. The van der Waals surface area contributed by atoms with Gasteiger partial charge in [0.1, 0.15) is 0 Å². The summed E-state index contributed by atoms with van der Waals surface area (Å²) in [5.41, 5.74) is 1.20. The van der Waals surface area contributed by atoms with Gasteiger partial charge in [0, 0.05) is 11.6 Å². The van der Waals surface area contributed by atoms with E-state index in [2.05, 4.69) is 5.32 Å². The molecule has 0 amide bonds. The second kappa shape index (κ2) is 8.18. The molecular weight excluding hydrogens is 262 g/mol. The lowest BCUT2D eigenvalue weighted by Crippen LogP contribution is -2.30. The molecule has 0 saturated heterocycles. The monoisotopic (exact) mass is 283 g/mol. The summed E-state index contributed by atoms with van der Waals surface area (Å²) in [7, 11) is 0. The van der Waals surface area contributed by atoms with Crippen LogP contribution in [0.3, 0.4) is 0 Å². The summed E-state index contributed by atoms with van der Waals surface area (Å²) in [5.74, 6) is -0.614. The van der Waals surface area contributed by atoms with Crippen molar-refractivity contribution in [1.82, 2.24) is 5.32 Å². The molecule has 0 heterocycles. The number of aliphatic carboxylic acids is 1. The lowest BCUT2D eigenvalue weighted by molar-refractivity contribution is -0.142. The number of halogens is 1. The van der Waals surface area contributed by atoms with E-state index in [9.17, 15) is 4.79 Å². The first-order valence-corrected chi connectivity index (χ1v) is 7.04. The Bertz CT molecular complexity index is 390. The average Bonchev–Trinajstić information content (AvgIpc) is 2.34. The molecule has 1 rings (SSSR count). The molecule has 0 aliphatic heterocycles. The van der Waals surface area contributed by atoms with Crippen LogP contribution in [0.1, 0.15) is 25.8 Å². The van der Waals surface area contributed by atoms with Crippen molar-refractivity contribution in [3.05, 3.63) is 34.9 Å². The molecule has 3 nitrogen and oxygen atoms in total. The lowest BCUT2D eigenvalue weighted by Gasteiger charge is -2.15. The zero-order chi connectivity index (χ0) is 14.3. The molecule has 0 aliphatic carbocycles. The largest absolute Gasteiger partial charge is 0.481 e. The van der Waals surface area contributed by atoms with Gasteiger partial charge in [-0.15, -0.1) is 0 Å². The number of hydrogen-bond acceptors (Lipinski definition) is 2. The van der Waals surface area contributed by atoms with Gasteiger partial charge in [-0.1, -0.05) is 37.6 Å². The number of carbonyl (C=O) groups is 1. The van der Waals surface area contributed by atoms with Crippen LogP contribution in [0.15, 0.2) is 24.3 Å². The van der Waals surface area contributed by atoms with Crippen molar-refractivity contribution < 1.29 is 9.90 Å². The minimum absolute atomic E-state index is 0.301. The van der Waals surface area contributed by atoms with E-state index in [4.69, 9.17) is 16.7 Å². The van der Waals surface area contributed by atoms with Crippen LogP contribution in [0, 0.1) is 11.8 Å². The summed E-state index contributed by atoms with van der Waals surface area (Å²) in [4.78, 5) is 11.1. The maximum atomic E-state index is 11.1. The van der Waals surface area contributed by atoms with Crippen LogP contribution in [-0.2, 0) is 11.2 Å². The predicted molar refractivity (Wildman–Crippen MR) is 78.6 cm³/mol. The van der Waals surface area contributed by atoms with Crippen LogP contribution in [0.2, 0.25) is 5.02 Å². The van der Waals surface area contributed by atoms with Gasteiger partial charge in [0.25, 0.3) is 0 Å². The Balaban J connectivity index is 2.28. The van der Waals surface area contributed by atoms with Crippen molar-refractivity contribution in [3.8, 4) is 0 Å². The van der Waals surface area contributed by atoms with Gasteiger partial charge in [0.2, 0.25) is 0 Å². The fraction of sp³-hybridized carbons (Fsp3) is 0.533. The zero-order valence-electron chi connectivity index (χ0n) is 11.5. The third-order valence-corrected chi connectivity index (χ3v) is 3.25. The molecule has 1 aromatic rings. The predicted octanol–water partition coefficient (Wildman–Crippen LogP) is 3.22. The molecule has 19 heavy (non-hydrogen) atoms. The number of rotatable bonds is 8. The Morgan fingerprint density at radius 3 is 2.47 bits per heavy atom. The fourth-order valence-corrected chi connectivity index (χ4v) is 2.13. The summed E-state index contributed by atoms with van der Waals surface area (Å²) in [5, 5.41) is 13.1. The molecule has 106 valence electrons. The first-order chi connectivity index (χ1) is 8.99. The molecule has 0 fully saturated rings. The van der Waals surface area contributed by atoms with Gasteiger partial charge in [0.15, 0.2) is 0 Å². The molecule has 1 unspecified atom stereocenters. The number of carboxylic acids is 1. The molecule has 1 atom stereocenters. The van der Waals surface area contributed by atoms with E-state index in [1.165, 1.54) is 5.56 Å². The number of benzene rings is 1. The van der Waals surface area contributed by atoms with Crippen molar-refractivity contribution in [2.24, 2.45) is 11.8 Å². The van der Waals surface area contributed by atoms with Gasteiger partial charge in [-0.3, -0.25) is 4.79 Å². The SMILES string of the molecule is CC(C)CC(CNCCc1ccc(Cl)cc1)C(=O)O. The Hall–Kier alpha value is -1.06. The maximum Gasteiger partial charge on any atom is 0.307 e. The van der Waals surface area contributed by atoms with Crippen molar-refractivity contribution in [2.75, 3.05) is 13.1 Å². The molecular formula is C15H22ClNO2. The molecule has 0 saturated carbocycles. The Kier molecular flexibility index (Phi) is 6.89. The highest BCUT2D eigenvalue weighted by Gasteiger charge is 2.17. The molecule has 0 aromatic heterocycles. The van der Waals surface area contributed by atoms with Crippen LogP contribution in [-0.4, -0.2) is 24.2 Å². The van der Waals surface area contributed by atoms with E-state index < -0.39 is 5.97 Å². The minimum Gasteiger partial charge on any atom is -0.481 e. The lowest BCUT2D eigenvalue weighted by atomic mass is 9.97. The van der Waals surface area contributed by atoms with E-state index in [1.54, 1.807) is 0 Å². The Morgan fingerprint density at radius 2 is 1.95 bits per heavy atom. The third-order valence-electron chi connectivity index (χ3n) is 3.00. The summed E-state index contributed by atoms with van der Waals surface area (Å²) in [6.07, 6.45) is 1.59. The molecule has 1 aromatic carbocycles. The van der Waals surface area contributed by atoms with E-state index in [-0.39, 0.29) is 5.92 Å². The standard InChI is InChI=1S/C15H22ClNO2/c1-11(2)9-13(15(18)19)10-17-8-7-12-3-5-14(16)6-4-12/h3-6,11,13,17H,7-10H2,1-2H3,(H,18,19). The Labute approximate surface area is 120 Å². The highest BCUT2D eigenvalue weighted by molar-refractivity contribution is 6.30. The van der Waals surface area contributed by atoms with Crippen LogP contribution in [0.4, 0.5) is 0 Å². The third kappa shape index (κ3) is 6.60. The quantitative estimate of drug-likeness (QED) is 0.720. The zero-order valence-corrected chi connectivity index (χ0v) is 12.3. The molecule has 0 bridgehead atoms. The number of nitrogens with one attached hydrogen (secondary N) is 1. The summed E-state index contributed by atoms with van der Waals surface area (Å²) >= 11 is 5.82. The summed E-state index contributed by atoms with van der Waals surface area (Å²) in [6.45, 7) is 5.40. The van der Waals surface area contributed by atoms with Crippen LogP contribution in [0.25, 0.3) is 0 Å². The highest BCUT2D eigenvalue weighted by atomic mass is 35.5. The fourth-order valence-electron chi connectivity index (χ4n) is 2.00.